The lowest BCUT2D eigenvalue weighted by atomic mass is 10.1. The minimum Gasteiger partial charge on any atom is -0.393 e. The van der Waals surface area contributed by atoms with Gasteiger partial charge in [-0.2, -0.15) is 0 Å². The van der Waals surface area contributed by atoms with Crippen molar-refractivity contribution in [2.24, 2.45) is 0 Å². The summed E-state index contributed by atoms with van der Waals surface area (Å²) in [4.78, 5) is 0.904. The van der Waals surface area contributed by atoms with E-state index in [9.17, 15) is 9.50 Å². The maximum atomic E-state index is 13.3. The molecule has 0 amide bonds. The third-order valence-corrected chi connectivity index (χ3v) is 2.62. The number of aliphatic hydroxyl groups excluding tert-OH is 1. The maximum Gasteiger partial charge on any atom is 0.127 e. The summed E-state index contributed by atoms with van der Waals surface area (Å²) < 4.78 is 13.3. The predicted octanol–water partition coefficient (Wildman–Crippen LogP) is 2.47. The minimum absolute atomic E-state index is 0.229. The fourth-order valence-corrected chi connectivity index (χ4v) is 1.87. The Morgan fingerprint density at radius 1 is 1.54 bits per heavy atom. The number of halogens is 1. The first kappa shape index (κ1) is 10.5. The quantitative estimate of drug-likeness (QED) is 0.756. The van der Waals surface area contributed by atoms with Crippen LogP contribution in [0.1, 0.15) is 12.5 Å². The van der Waals surface area contributed by atoms with Crippen molar-refractivity contribution in [3.05, 3.63) is 29.6 Å². The van der Waals surface area contributed by atoms with E-state index in [2.05, 4.69) is 0 Å². The van der Waals surface area contributed by atoms with Crippen molar-refractivity contribution in [2.75, 3.05) is 6.26 Å². The first-order chi connectivity index (χ1) is 6.15. The summed E-state index contributed by atoms with van der Waals surface area (Å²) in [5, 5.41) is 9.17. The number of aliphatic hydroxyl groups is 1. The van der Waals surface area contributed by atoms with Crippen LogP contribution in [-0.4, -0.2) is 17.5 Å². The molecule has 0 aromatic heterocycles. The largest absolute Gasteiger partial charge is 0.393 e. The average Bonchev–Trinajstić information content (AvgIpc) is 2.08. The Hall–Kier alpha value is -0.540. The molecule has 0 saturated carbocycles. The zero-order valence-corrected chi connectivity index (χ0v) is 8.57. The van der Waals surface area contributed by atoms with E-state index in [1.54, 1.807) is 13.0 Å². The number of hydrogen-bond acceptors (Lipinski definition) is 2. The summed E-state index contributed by atoms with van der Waals surface area (Å²) in [6, 6.07) is 4.98. The Morgan fingerprint density at radius 2 is 2.23 bits per heavy atom. The molecule has 1 aromatic carbocycles. The van der Waals surface area contributed by atoms with Gasteiger partial charge < -0.3 is 5.11 Å². The van der Waals surface area contributed by atoms with E-state index in [1.165, 1.54) is 17.8 Å². The van der Waals surface area contributed by atoms with E-state index in [-0.39, 0.29) is 5.82 Å². The van der Waals surface area contributed by atoms with Gasteiger partial charge in [-0.3, -0.25) is 0 Å². The fourth-order valence-electron chi connectivity index (χ4n) is 1.22. The van der Waals surface area contributed by atoms with Crippen LogP contribution in [0.3, 0.4) is 0 Å². The average molecular weight is 200 g/mol. The van der Waals surface area contributed by atoms with Gasteiger partial charge in [0.2, 0.25) is 0 Å². The molecule has 0 aliphatic rings. The molecule has 1 N–H and O–H groups in total. The molecule has 1 unspecified atom stereocenters. The van der Waals surface area contributed by atoms with Gasteiger partial charge in [0.1, 0.15) is 5.82 Å². The van der Waals surface area contributed by atoms with E-state index in [4.69, 9.17) is 0 Å². The van der Waals surface area contributed by atoms with Crippen LogP contribution in [0, 0.1) is 5.82 Å². The zero-order chi connectivity index (χ0) is 9.84. The van der Waals surface area contributed by atoms with Gasteiger partial charge in [-0.25, -0.2) is 4.39 Å². The van der Waals surface area contributed by atoms with Crippen molar-refractivity contribution < 1.29 is 9.50 Å². The molecule has 0 bridgehead atoms. The van der Waals surface area contributed by atoms with Gasteiger partial charge in [-0.1, -0.05) is 6.07 Å². The van der Waals surface area contributed by atoms with Gasteiger partial charge in [0.05, 0.1) is 6.10 Å². The van der Waals surface area contributed by atoms with Crippen molar-refractivity contribution in [3.8, 4) is 0 Å². The summed E-state index contributed by atoms with van der Waals surface area (Å²) >= 11 is 1.50. The molecule has 72 valence electrons. The second kappa shape index (κ2) is 4.63. The molecule has 1 aromatic rings. The van der Waals surface area contributed by atoms with Gasteiger partial charge in [-0.15, -0.1) is 11.8 Å². The van der Waals surface area contributed by atoms with Crippen LogP contribution >= 0.6 is 11.8 Å². The molecule has 1 rings (SSSR count). The van der Waals surface area contributed by atoms with Gasteiger partial charge >= 0.3 is 0 Å². The van der Waals surface area contributed by atoms with Gasteiger partial charge in [0.15, 0.2) is 0 Å². The van der Waals surface area contributed by atoms with Gasteiger partial charge in [-0.05, 0) is 25.3 Å². The first-order valence-electron chi connectivity index (χ1n) is 4.14. The Morgan fingerprint density at radius 3 is 2.77 bits per heavy atom. The van der Waals surface area contributed by atoms with E-state index in [1.807, 2.05) is 12.3 Å². The smallest absolute Gasteiger partial charge is 0.127 e. The highest BCUT2D eigenvalue weighted by Crippen LogP contribution is 2.23. The van der Waals surface area contributed by atoms with Crippen molar-refractivity contribution in [1.82, 2.24) is 0 Å². The predicted molar refractivity (Wildman–Crippen MR) is 53.6 cm³/mol. The number of rotatable bonds is 3. The van der Waals surface area contributed by atoms with Crippen LogP contribution in [0.15, 0.2) is 23.1 Å². The minimum atomic E-state index is -0.497. The Balaban J connectivity index is 3.00. The van der Waals surface area contributed by atoms with Gasteiger partial charge in [0, 0.05) is 16.9 Å². The Kier molecular flexibility index (Phi) is 3.75. The van der Waals surface area contributed by atoms with E-state index < -0.39 is 6.10 Å². The molecule has 0 spiro atoms. The van der Waals surface area contributed by atoms with Crippen LogP contribution in [0.4, 0.5) is 4.39 Å². The number of benzene rings is 1. The fraction of sp³-hybridized carbons (Fsp3) is 0.400. The summed E-state index contributed by atoms with van der Waals surface area (Å²) in [6.07, 6.45) is 1.78. The lowest BCUT2D eigenvalue weighted by Crippen LogP contribution is -2.07. The third kappa shape index (κ3) is 2.71. The second-order valence-corrected chi connectivity index (χ2v) is 3.82. The van der Waals surface area contributed by atoms with E-state index >= 15 is 0 Å². The van der Waals surface area contributed by atoms with Crippen molar-refractivity contribution in [1.29, 1.82) is 0 Å². The molecule has 0 aliphatic heterocycles. The van der Waals surface area contributed by atoms with Crippen LogP contribution in [-0.2, 0) is 6.42 Å². The Bertz CT molecular complexity index is 286. The lowest BCUT2D eigenvalue weighted by molar-refractivity contribution is 0.193. The highest BCUT2D eigenvalue weighted by atomic mass is 32.2. The lowest BCUT2D eigenvalue weighted by Gasteiger charge is -2.09. The molecular weight excluding hydrogens is 187 g/mol. The molecule has 3 heteroatoms. The molecule has 0 heterocycles. The molecule has 1 atom stereocenters. The zero-order valence-electron chi connectivity index (χ0n) is 7.75. The molecule has 0 aliphatic carbocycles. The molecule has 1 nitrogen and oxygen atoms in total. The van der Waals surface area contributed by atoms with Crippen molar-refractivity contribution in [2.45, 2.75) is 24.3 Å². The monoisotopic (exact) mass is 200 g/mol. The van der Waals surface area contributed by atoms with E-state index in [0.29, 0.717) is 12.0 Å². The van der Waals surface area contributed by atoms with E-state index in [0.717, 1.165) is 4.90 Å². The number of thioether (sulfide) groups is 1. The third-order valence-electron chi connectivity index (χ3n) is 1.80. The summed E-state index contributed by atoms with van der Waals surface area (Å²) in [5.74, 6) is -0.229. The van der Waals surface area contributed by atoms with Crippen molar-refractivity contribution >= 4 is 11.8 Å². The molecule has 13 heavy (non-hydrogen) atoms. The van der Waals surface area contributed by atoms with Crippen molar-refractivity contribution in [3.63, 3.8) is 0 Å². The highest BCUT2D eigenvalue weighted by molar-refractivity contribution is 7.98. The number of hydrogen-bond donors (Lipinski definition) is 1. The summed E-state index contributed by atoms with van der Waals surface area (Å²) in [6.45, 7) is 1.66. The highest BCUT2D eigenvalue weighted by Gasteiger charge is 2.09. The molecule has 0 fully saturated rings. The molecule has 0 radical (unpaired) electrons. The topological polar surface area (TPSA) is 20.2 Å². The van der Waals surface area contributed by atoms with Crippen LogP contribution in [0.5, 0.6) is 0 Å². The van der Waals surface area contributed by atoms with Crippen LogP contribution in [0.25, 0.3) is 0 Å². The van der Waals surface area contributed by atoms with Gasteiger partial charge in [0.25, 0.3) is 0 Å². The maximum absolute atomic E-state index is 13.3. The Labute approximate surface area is 82.0 Å². The normalized spacial score (nSPS) is 12.9. The first-order valence-corrected chi connectivity index (χ1v) is 5.37. The SMILES string of the molecule is CSc1cccc(F)c1CC(C)O. The summed E-state index contributed by atoms with van der Waals surface area (Å²) in [7, 11) is 0. The molecular formula is C10H13FOS. The second-order valence-electron chi connectivity index (χ2n) is 2.97. The molecule has 0 saturated heterocycles. The standard InChI is InChI=1S/C10H13FOS/c1-7(12)6-8-9(11)4-3-5-10(8)13-2/h3-5,7,12H,6H2,1-2H3. The summed E-state index contributed by atoms with van der Waals surface area (Å²) in [5.41, 5.74) is 0.616. The van der Waals surface area contributed by atoms with Crippen LogP contribution in [0.2, 0.25) is 0 Å². The van der Waals surface area contributed by atoms with Crippen LogP contribution < -0.4 is 0 Å².